The van der Waals surface area contributed by atoms with Crippen LogP contribution in [-0.2, 0) is 0 Å². The molecule has 3 heteroatoms. The lowest BCUT2D eigenvalue weighted by Crippen LogP contribution is -2.31. The van der Waals surface area contributed by atoms with E-state index in [1.807, 2.05) is 13.0 Å². The standard InChI is InChI=1S/C9H13N3/c1-9(10)2-3-12-8-6-11-5-7(8)4-9/h2-4,11H,5-6,10H2,1H3. The second-order valence-electron chi connectivity index (χ2n) is 3.53. The van der Waals surface area contributed by atoms with E-state index < -0.39 is 0 Å². The van der Waals surface area contributed by atoms with Crippen LogP contribution in [0, 0.1) is 0 Å². The zero-order chi connectivity index (χ0) is 8.60. The van der Waals surface area contributed by atoms with Crippen LogP contribution in [0.15, 0.2) is 28.9 Å². The maximum Gasteiger partial charge on any atom is 0.0584 e. The van der Waals surface area contributed by atoms with Gasteiger partial charge in [-0.3, -0.25) is 4.99 Å². The number of hydrogen-bond donors (Lipinski definition) is 2. The Morgan fingerprint density at radius 3 is 3.25 bits per heavy atom. The topological polar surface area (TPSA) is 50.4 Å². The zero-order valence-electron chi connectivity index (χ0n) is 7.17. The molecule has 1 unspecified atom stereocenters. The molecule has 0 aliphatic carbocycles. The van der Waals surface area contributed by atoms with Crippen LogP contribution in [0.25, 0.3) is 0 Å². The molecule has 0 aromatic rings. The molecule has 0 aromatic heterocycles. The van der Waals surface area contributed by atoms with Crippen LogP contribution < -0.4 is 11.1 Å². The Labute approximate surface area is 72.1 Å². The molecule has 3 nitrogen and oxygen atoms in total. The van der Waals surface area contributed by atoms with Crippen LogP contribution >= 0.6 is 0 Å². The first-order valence-corrected chi connectivity index (χ1v) is 4.13. The van der Waals surface area contributed by atoms with Gasteiger partial charge in [-0.2, -0.15) is 0 Å². The summed E-state index contributed by atoms with van der Waals surface area (Å²) in [5.41, 5.74) is 7.99. The predicted octanol–water partition coefficient (Wildman–Crippen LogP) is 0.202. The van der Waals surface area contributed by atoms with Gasteiger partial charge >= 0.3 is 0 Å². The summed E-state index contributed by atoms with van der Waals surface area (Å²) in [6.45, 7) is 3.74. The van der Waals surface area contributed by atoms with Gasteiger partial charge < -0.3 is 11.1 Å². The lowest BCUT2D eigenvalue weighted by molar-refractivity contribution is 0.728. The molecule has 2 aliphatic heterocycles. The fourth-order valence-electron chi connectivity index (χ4n) is 1.51. The second kappa shape index (κ2) is 2.54. The molecule has 0 bridgehead atoms. The fourth-order valence-corrected chi connectivity index (χ4v) is 1.51. The van der Waals surface area contributed by atoms with Gasteiger partial charge in [0.1, 0.15) is 0 Å². The zero-order valence-corrected chi connectivity index (χ0v) is 7.17. The molecule has 2 aliphatic rings. The minimum Gasteiger partial charge on any atom is -0.319 e. The molecule has 2 rings (SSSR count). The second-order valence-corrected chi connectivity index (χ2v) is 3.53. The van der Waals surface area contributed by atoms with E-state index in [2.05, 4.69) is 16.4 Å². The molecule has 0 radical (unpaired) electrons. The highest BCUT2D eigenvalue weighted by molar-refractivity contribution is 6.04. The summed E-state index contributed by atoms with van der Waals surface area (Å²) in [7, 11) is 0. The van der Waals surface area contributed by atoms with Gasteiger partial charge in [0.05, 0.1) is 11.3 Å². The van der Waals surface area contributed by atoms with Gasteiger partial charge in [0.15, 0.2) is 0 Å². The maximum atomic E-state index is 5.97. The van der Waals surface area contributed by atoms with Crippen molar-refractivity contribution in [3.63, 3.8) is 0 Å². The Kier molecular flexibility index (Phi) is 1.63. The lowest BCUT2D eigenvalue weighted by Gasteiger charge is -2.14. The summed E-state index contributed by atoms with van der Waals surface area (Å²) in [6.07, 6.45) is 5.80. The van der Waals surface area contributed by atoms with Gasteiger partial charge in [0.25, 0.3) is 0 Å². The Hall–Kier alpha value is -0.930. The van der Waals surface area contributed by atoms with Crippen molar-refractivity contribution in [3.8, 4) is 0 Å². The summed E-state index contributed by atoms with van der Waals surface area (Å²) in [6, 6.07) is 0. The summed E-state index contributed by atoms with van der Waals surface area (Å²) in [5.74, 6) is 0. The number of nitrogens with zero attached hydrogens (tertiary/aromatic N) is 1. The number of aliphatic imine (C=N–C) groups is 1. The highest BCUT2D eigenvalue weighted by Crippen LogP contribution is 2.15. The summed E-state index contributed by atoms with van der Waals surface area (Å²) < 4.78 is 0. The smallest absolute Gasteiger partial charge is 0.0584 e. The number of nitrogens with two attached hydrogens (primary N) is 1. The first-order valence-electron chi connectivity index (χ1n) is 4.13. The van der Waals surface area contributed by atoms with Crippen LogP contribution in [0.1, 0.15) is 6.92 Å². The molecule has 0 saturated carbocycles. The van der Waals surface area contributed by atoms with Crippen molar-refractivity contribution in [1.29, 1.82) is 0 Å². The van der Waals surface area contributed by atoms with Gasteiger partial charge in [-0.25, -0.2) is 0 Å². The van der Waals surface area contributed by atoms with Gasteiger partial charge in [-0.15, -0.1) is 0 Å². The summed E-state index contributed by atoms with van der Waals surface area (Å²) in [5, 5.41) is 3.24. The molecule has 0 aromatic carbocycles. The van der Waals surface area contributed by atoms with Gasteiger partial charge in [0, 0.05) is 19.3 Å². The first-order chi connectivity index (χ1) is 5.67. The minimum atomic E-state index is -0.341. The molecule has 64 valence electrons. The summed E-state index contributed by atoms with van der Waals surface area (Å²) >= 11 is 0. The SMILES string of the molecule is CC1(N)C=CN=C2CNCC2=C1. The Morgan fingerprint density at radius 1 is 1.58 bits per heavy atom. The van der Waals surface area contributed by atoms with E-state index in [4.69, 9.17) is 5.73 Å². The van der Waals surface area contributed by atoms with Crippen molar-refractivity contribution in [2.24, 2.45) is 10.7 Å². The van der Waals surface area contributed by atoms with E-state index in [1.54, 1.807) is 6.20 Å². The summed E-state index contributed by atoms with van der Waals surface area (Å²) in [4.78, 5) is 4.31. The minimum absolute atomic E-state index is 0.341. The Bertz CT molecular complexity index is 284. The average Bonchev–Trinajstić information content (AvgIpc) is 2.31. The third-order valence-electron chi connectivity index (χ3n) is 2.13. The largest absolute Gasteiger partial charge is 0.319 e. The average molecular weight is 163 g/mol. The molecule has 2 heterocycles. The van der Waals surface area contributed by atoms with Gasteiger partial charge in [0.2, 0.25) is 0 Å². The molecule has 12 heavy (non-hydrogen) atoms. The number of fused-ring (bicyclic) bond motifs is 1. The van der Waals surface area contributed by atoms with Gasteiger partial charge in [-0.05, 0) is 18.6 Å². The number of nitrogens with one attached hydrogen (secondary N) is 1. The van der Waals surface area contributed by atoms with Crippen molar-refractivity contribution >= 4 is 5.71 Å². The highest BCUT2D eigenvalue weighted by Gasteiger charge is 2.20. The van der Waals surface area contributed by atoms with Crippen LogP contribution in [0.4, 0.5) is 0 Å². The van der Waals surface area contributed by atoms with Crippen LogP contribution in [0.5, 0.6) is 0 Å². The number of hydrogen-bond acceptors (Lipinski definition) is 3. The van der Waals surface area contributed by atoms with Crippen molar-refractivity contribution in [1.82, 2.24) is 5.32 Å². The molecule has 1 saturated heterocycles. The van der Waals surface area contributed by atoms with E-state index in [0.717, 1.165) is 18.8 Å². The van der Waals surface area contributed by atoms with Crippen LogP contribution in [0.3, 0.4) is 0 Å². The van der Waals surface area contributed by atoms with Crippen molar-refractivity contribution in [2.45, 2.75) is 12.5 Å². The maximum absolute atomic E-state index is 5.97. The molecule has 0 spiro atoms. The monoisotopic (exact) mass is 163 g/mol. The molecule has 3 N–H and O–H groups in total. The molecule has 1 atom stereocenters. The van der Waals surface area contributed by atoms with E-state index >= 15 is 0 Å². The van der Waals surface area contributed by atoms with Crippen molar-refractivity contribution in [3.05, 3.63) is 23.9 Å². The van der Waals surface area contributed by atoms with Gasteiger partial charge in [-0.1, -0.05) is 6.08 Å². The Morgan fingerprint density at radius 2 is 2.42 bits per heavy atom. The Balaban J connectivity index is 2.40. The third kappa shape index (κ3) is 1.33. The highest BCUT2D eigenvalue weighted by atomic mass is 14.9. The van der Waals surface area contributed by atoms with E-state index in [9.17, 15) is 0 Å². The van der Waals surface area contributed by atoms with E-state index in [-0.39, 0.29) is 5.54 Å². The van der Waals surface area contributed by atoms with Crippen LogP contribution in [-0.4, -0.2) is 24.3 Å². The van der Waals surface area contributed by atoms with E-state index in [1.165, 1.54) is 5.57 Å². The molecule has 1 fully saturated rings. The van der Waals surface area contributed by atoms with Crippen molar-refractivity contribution < 1.29 is 0 Å². The molecular weight excluding hydrogens is 150 g/mol. The first kappa shape index (κ1) is 7.71. The number of rotatable bonds is 0. The normalized spacial score (nSPS) is 33.8. The van der Waals surface area contributed by atoms with Crippen LogP contribution in [0.2, 0.25) is 0 Å². The van der Waals surface area contributed by atoms with Crippen molar-refractivity contribution in [2.75, 3.05) is 13.1 Å². The lowest BCUT2D eigenvalue weighted by atomic mass is 10.00. The molecule has 0 amide bonds. The fraction of sp³-hybridized carbons (Fsp3) is 0.444. The molecular formula is C9H13N3. The third-order valence-corrected chi connectivity index (χ3v) is 2.13. The predicted molar refractivity (Wildman–Crippen MR) is 50.1 cm³/mol. The quantitative estimate of drug-likeness (QED) is 0.536. The van der Waals surface area contributed by atoms with E-state index in [0.29, 0.717) is 0 Å².